The van der Waals surface area contributed by atoms with Crippen LogP contribution < -0.4 is 11.2 Å². The van der Waals surface area contributed by atoms with Crippen LogP contribution in [0.3, 0.4) is 0 Å². The van der Waals surface area contributed by atoms with Crippen LogP contribution in [0.25, 0.3) is 22.5 Å². The summed E-state index contributed by atoms with van der Waals surface area (Å²) in [5.41, 5.74) is 0.324. The number of para-hydroxylation sites is 2. The summed E-state index contributed by atoms with van der Waals surface area (Å²) >= 11 is 0. The van der Waals surface area contributed by atoms with Gasteiger partial charge in [-0.1, -0.05) is 66.7 Å². The predicted molar refractivity (Wildman–Crippen MR) is 105 cm³/mol. The minimum absolute atomic E-state index is 0.0721. The zero-order chi connectivity index (χ0) is 18.8. The molecule has 0 atom stereocenters. The molecule has 1 N–H and O–H groups in total. The summed E-state index contributed by atoms with van der Waals surface area (Å²) < 4.78 is 2.23. The molecular weight excluding hydrogens is 340 g/mol. The maximum absolute atomic E-state index is 13.2. The van der Waals surface area contributed by atoms with E-state index in [4.69, 9.17) is 0 Å². The third kappa shape index (κ3) is 2.85. The van der Waals surface area contributed by atoms with Crippen molar-refractivity contribution < 1.29 is 5.11 Å². The molecule has 0 fully saturated rings. The van der Waals surface area contributed by atoms with Crippen molar-refractivity contribution in [1.82, 2.24) is 9.13 Å². The maximum Gasteiger partial charge on any atom is 0.343 e. The van der Waals surface area contributed by atoms with Gasteiger partial charge in [0.1, 0.15) is 5.56 Å². The molecule has 0 aliphatic heterocycles. The number of aromatic nitrogens is 2. The van der Waals surface area contributed by atoms with Crippen molar-refractivity contribution in [2.24, 2.45) is 0 Å². The molecule has 0 unspecified atom stereocenters. The Morgan fingerprint density at radius 3 is 1.56 bits per heavy atom. The van der Waals surface area contributed by atoms with Crippen LogP contribution in [-0.2, 0) is 0 Å². The number of nitrogens with zero attached hydrogens (tertiary/aromatic N) is 2. The van der Waals surface area contributed by atoms with Gasteiger partial charge in [-0.25, -0.2) is 13.9 Å². The van der Waals surface area contributed by atoms with Crippen LogP contribution in [0.4, 0.5) is 0 Å². The number of hydrogen-bond acceptors (Lipinski definition) is 3. The molecule has 0 radical (unpaired) electrons. The summed E-state index contributed by atoms with van der Waals surface area (Å²) in [5, 5.41) is 10.9. The number of rotatable bonds is 3. The van der Waals surface area contributed by atoms with E-state index in [1.54, 1.807) is 72.8 Å². The molecule has 27 heavy (non-hydrogen) atoms. The van der Waals surface area contributed by atoms with Gasteiger partial charge in [0.25, 0.3) is 5.56 Å². The molecule has 0 saturated heterocycles. The predicted octanol–water partition coefficient (Wildman–Crippen LogP) is 3.36. The fraction of sp³-hybridized carbons (Fsp3) is 0. The molecule has 4 rings (SSSR count). The molecule has 0 aliphatic carbocycles. The van der Waals surface area contributed by atoms with Crippen LogP contribution >= 0.6 is 0 Å². The number of hydrogen-bond donors (Lipinski definition) is 1. The van der Waals surface area contributed by atoms with E-state index in [2.05, 4.69) is 0 Å². The zero-order valence-corrected chi connectivity index (χ0v) is 14.3. The van der Waals surface area contributed by atoms with Crippen LogP contribution in [0, 0.1) is 0 Å². The lowest BCUT2D eigenvalue weighted by atomic mass is 10.1. The van der Waals surface area contributed by atoms with E-state index in [-0.39, 0.29) is 11.4 Å². The molecule has 4 aromatic rings. The summed E-state index contributed by atoms with van der Waals surface area (Å²) in [6.07, 6.45) is 0. The van der Waals surface area contributed by atoms with Gasteiger partial charge < -0.3 is 5.11 Å². The smallest absolute Gasteiger partial charge is 0.343 e. The molecule has 5 heteroatoms. The minimum Gasteiger partial charge on any atom is -0.494 e. The summed E-state index contributed by atoms with van der Waals surface area (Å²) in [6, 6.07) is 26.3. The first-order valence-corrected chi connectivity index (χ1v) is 8.46. The van der Waals surface area contributed by atoms with Gasteiger partial charge in [0.2, 0.25) is 5.88 Å². The molecular formula is C22H16N2O3. The lowest BCUT2D eigenvalue weighted by molar-refractivity contribution is 0.431. The highest BCUT2D eigenvalue weighted by atomic mass is 16.3. The first-order chi connectivity index (χ1) is 13.2. The lowest BCUT2D eigenvalue weighted by Gasteiger charge is -2.16. The highest BCUT2D eigenvalue weighted by molar-refractivity contribution is 5.68. The van der Waals surface area contributed by atoms with Gasteiger partial charge in [0, 0.05) is 0 Å². The molecule has 132 valence electrons. The minimum atomic E-state index is -0.630. The van der Waals surface area contributed by atoms with E-state index in [0.717, 1.165) is 9.13 Å². The van der Waals surface area contributed by atoms with E-state index in [1.807, 2.05) is 18.2 Å². The Bertz CT molecular complexity index is 1120. The monoisotopic (exact) mass is 356 g/mol. The topological polar surface area (TPSA) is 64.2 Å². The molecule has 0 saturated carbocycles. The van der Waals surface area contributed by atoms with Crippen LogP contribution in [0.15, 0.2) is 101 Å². The quantitative estimate of drug-likeness (QED) is 0.612. The first kappa shape index (κ1) is 16.6. The van der Waals surface area contributed by atoms with Crippen molar-refractivity contribution >= 4 is 0 Å². The van der Waals surface area contributed by atoms with Crippen LogP contribution in [0.1, 0.15) is 0 Å². The van der Waals surface area contributed by atoms with Gasteiger partial charge in [-0.2, -0.15) is 0 Å². The van der Waals surface area contributed by atoms with Gasteiger partial charge in [0.05, 0.1) is 11.4 Å². The number of benzene rings is 3. The molecule has 0 bridgehead atoms. The van der Waals surface area contributed by atoms with Crippen LogP contribution in [-0.4, -0.2) is 14.2 Å². The van der Waals surface area contributed by atoms with E-state index in [0.29, 0.717) is 16.9 Å². The SMILES string of the molecule is O=c1c(-c2ccccc2)c(O)n(-c2ccccc2)c(=O)n1-c1ccccc1. The Labute approximate surface area is 155 Å². The molecule has 1 aromatic heterocycles. The third-order valence-corrected chi connectivity index (χ3v) is 4.33. The van der Waals surface area contributed by atoms with Gasteiger partial charge >= 0.3 is 5.69 Å². The van der Waals surface area contributed by atoms with Crippen molar-refractivity contribution in [1.29, 1.82) is 0 Å². The number of aromatic hydroxyl groups is 1. The second kappa shape index (κ2) is 6.80. The zero-order valence-electron chi connectivity index (χ0n) is 14.3. The Balaban J connectivity index is 2.16. The average Bonchev–Trinajstić information content (AvgIpc) is 2.70. The molecule has 5 nitrogen and oxygen atoms in total. The second-order valence-electron chi connectivity index (χ2n) is 5.99. The standard InChI is InChI=1S/C22H16N2O3/c25-20-19(16-10-4-1-5-11-16)21(26)24(18-14-8-3-9-15-18)22(27)23(20)17-12-6-2-7-13-17/h1-15,25H. The molecule has 0 amide bonds. The first-order valence-electron chi connectivity index (χ1n) is 8.46. The normalized spacial score (nSPS) is 10.7. The summed E-state index contributed by atoms with van der Waals surface area (Å²) in [5.74, 6) is -0.380. The van der Waals surface area contributed by atoms with Gasteiger partial charge in [0.15, 0.2) is 0 Å². The van der Waals surface area contributed by atoms with Crippen LogP contribution in [0.5, 0.6) is 5.88 Å². The van der Waals surface area contributed by atoms with Crippen molar-refractivity contribution in [3.8, 4) is 28.4 Å². The summed E-state index contributed by atoms with van der Waals surface area (Å²) in [7, 11) is 0. The van der Waals surface area contributed by atoms with E-state index in [9.17, 15) is 14.7 Å². The Hall–Kier alpha value is -3.86. The molecule has 0 spiro atoms. The van der Waals surface area contributed by atoms with E-state index < -0.39 is 11.2 Å². The van der Waals surface area contributed by atoms with Crippen LogP contribution in [0.2, 0.25) is 0 Å². The highest BCUT2D eigenvalue weighted by Gasteiger charge is 2.21. The van der Waals surface area contributed by atoms with Crippen molar-refractivity contribution in [2.75, 3.05) is 0 Å². The largest absolute Gasteiger partial charge is 0.494 e. The molecule has 3 aromatic carbocycles. The second-order valence-corrected chi connectivity index (χ2v) is 5.99. The molecule has 0 aliphatic rings. The Morgan fingerprint density at radius 1 is 0.593 bits per heavy atom. The fourth-order valence-corrected chi connectivity index (χ4v) is 3.07. The van der Waals surface area contributed by atoms with Gasteiger partial charge in [-0.15, -0.1) is 0 Å². The van der Waals surface area contributed by atoms with Crippen molar-refractivity contribution in [3.05, 3.63) is 112 Å². The van der Waals surface area contributed by atoms with Gasteiger partial charge in [-0.05, 0) is 29.8 Å². The highest BCUT2D eigenvalue weighted by Crippen LogP contribution is 2.26. The Kier molecular flexibility index (Phi) is 4.18. The maximum atomic E-state index is 13.2. The van der Waals surface area contributed by atoms with Gasteiger partial charge in [-0.3, -0.25) is 4.79 Å². The van der Waals surface area contributed by atoms with E-state index in [1.165, 1.54) is 0 Å². The van der Waals surface area contributed by atoms with Crippen molar-refractivity contribution in [2.45, 2.75) is 0 Å². The Morgan fingerprint density at radius 2 is 1.04 bits per heavy atom. The molecule has 1 heterocycles. The third-order valence-electron chi connectivity index (χ3n) is 4.33. The summed E-state index contributed by atoms with van der Waals surface area (Å²) in [6.45, 7) is 0. The summed E-state index contributed by atoms with van der Waals surface area (Å²) in [4.78, 5) is 26.3. The lowest BCUT2D eigenvalue weighted by Crippen LogP contribution is -2.38. The van der Waals surface area contributed by atoms with Crippen molar-refractivity contribution in [3.63, 3.8) is 0 Å². The fourth-order valence-electron chi connectivity index (χ4n) is 3.07. The average molecular weight is 356 g/mol. The van der Waals surface area contributed by atoms with E-state index >= 15 is 0 Å².